The number of pyridine rings is 1. The summed E-state index contributed by atoms with van der Waals surface area (Å²) < 4.78 is 9.06. The first-order valence-corrected chi connectivity index (χ1v) is 7.96. The Morgan fingerprint density at radius 2 is 1.91 bits per heavy atom. The summed E-state index contributed by atoms with van der Waals surface area (Å²) in [5.74, 6) is 0.501. The van der Waals surface area contributed by atoms with Crippen LogP contribution in [0.25, 0.3) is 0 Å². The molecule has 0 aliphatic carbocycles. The third kappa shape index (κ3) is 4.89. The normalized spacial score (nSPS) is 10.4. The second-order valence-electron chi connectivity index (χ2n) is 4.84. The highest BCUT2D eigenvalue weighted by Gasteiger charge is 2.21. The predicted octanol–water partition coefficient (Wildman–Crippen LogP) is 1.70. The van der Waals surface area contributed by atoms with Gasteiger partial charge in [-0.15, -0.1) is 0 Å². The molecule has 7 heteroatoms. The van der Waals surface area contributed by atoms with E-state index in [-0.39, 0.29) is 6.03 Å². The number of carbonyl (C=O) groups excluding carboxylic acids is 1. The Balaban J connectivity index is 1.89. The molecular formula is C16H21ClN4O2+2. The molecule has 0 radical (unpaired) electrons. The van der Waals surface area contributed by atoms with Gasteiger partial charge in [0.2, 0.25) is 18.3 Å². The molecule has 0 N–H and O–H groups in total. The second-order valence-corrected chi connectivity index (χ2v) is 5.23. The second kappa shape index (κ2) is 8.43. The topological polar surface area (TPSA) is 50.2 Å². The van der Waals surface area contributed by atoms with Crippen molar-refractivity contribution in [1.29, 1.82) is 0 Å². The summed E-state index contributed by atoms with van der Waals surface area (Å²) in [6, 6.07) is 5.23. The van der Waals surface area contributed by atoms with E-state index in [9.17, 15) is 4.79 Å². The zero-order valence-corrected chi connectivity index (χ0v) is 14.1. The fourth-order valence-electron chi connectivity index (χ4n) is 2.07. The summed E-state index contributed by atoms with van der Waals surface area (Å²) >= 11 is 5.80. The van der Waals surface area contributed by atoms with Crippen LogP contribution >= 0.6 is 11.6 Å². The van der Waals surface area contributed by atoms with Gasteiger partial charge in [-0.25, -0.2) is 9.88 Å². The summed E-state index contributed by atoms with van der Waals surface area (Å²) in [5.41, 5.74) is 0. The fourth-order valence-corrected chi connectivity index (χ4v) is 2.23. The van der Waals surface area contributed by atoms with Crippen LogP contribution < -0.4 is 13.9 Å². The van der Waals surface area contributed by atoms with Crippen LogP contribution in [0.15, 0.2) is 43.0 Å². The largest absolute Gasteiger partial charge is 0.498 e. The number of aromatic nitrogens is 3. The maximum absolute atomic E-state index is 12.2. The first-order valence-electron chi connectivity index (χ1n) is 7.59. The van der Waals surface area contributed by atoms with Gasteiger partial charge in [-0.05, 0) is 19.9 Å². The number of hydrogen-bond acceptors (Lipinski definition) is 3. The molecular weight excluding hydrogens is 316 g/mol. The van der Waals surface area contributed by atoms with Crippen molar-refractivity contribution in [1.82, 2.24) is 9.88 Å². The van der Waals surface area contributed by atoms with Gasteiger partial charge in [-0.3, -0.25) is 0 Å². The highest BCUT2D eigenvalue weighted by Crippen LogP contribution is 2.10. The quantitative estimate of drug-likeness (QED) is 0.596. The van der Waals surface area contributed by atoms with Crippen LogP contribution in [-0.2, 0) is 6.54 Å². The first kappa shape index (κ1) is 17.1. The molecule has 2 rings (SSSR count). The Morgan fingerprint density at radius 3 is 2.52 bits per heavy atom. The Kier molecular flexibility index (Phi) is 6.29. The van der Waals surface area contributed by atoms with Crippen molar-refractivity contribution in [3.8, 4) is 5.88 Å². The Hall–Kier alpha value is -2.21. The lowest BCUT2D eigenvalue weighted by molar-refractivity contribution is -0.719. The van der Waals surface area contributed by atoms with Gasteiger partial charge in [0.15, 0.2) is 18.9 Å². The van der Waals surface area contributed by atoms with Gasteiger partial charge in [0.1, 0.15) is 11.8 Å². The molecule has 0 bridgehead atoms. The van der Waals surface area contributed by atoms with Crippen molar-refractivity contribution < 1.29 is 18.7 Å². The van der Waals surface area contributed by atoms with Gasteiger partial charge in [-0.1, -0.05) is 17.7 Å². The minimum Gasteiger partial charge on any atom is -0.471 e. The molecule has 0 fully saturated rings. The monoisotopic (exact) mass is 336 g/mol. The van der Waals surface area contributed by atoms with Crippen LogP contribution in [0.1, 0.15) is 13.8 Å². The third-order valence-electron chi connectivity index (χ3n) is 3.38. The van der Waals surface area contributed by atoms with Crippen molar-refractivity contribution in [3.63, 3.8) is 0 Å². The number of amides is 1. The average Bonchev–Trinajstić information content (AvgIpc) is 2.56. The zero-order chi connectivity index (χ0) is 16.7. The highest BCUT2D eigenvalue weighted by atomic mass is 35.5. The number of ether oxygens (including phenoxy) is 1. The molecule has 0 saturated heterocycles. The molecule has 0 aliphatic heterocycles. The summed E-state index contributed by atoms with van der Waals surface area (Å²) in [7, 11) is 0. The number of rotatable bonds is 6. The van der Waals surface area contributed by atoms with E-state index in [2.05, 4.69) is 4.98 Å². The molecule has 0 aliphatic rings. The molecule has 6 nitrogen and oxygen atoms in total. The number of halogens is 1. The minimum absolute atomic E-state index is 0.0264. The van der Waals surface area contributed by atoms with Crippen molar-refractivity contribution in [2.75, 3.05) is 19.7 Å². The molecule has 1 amide bonds. The summed E-state index contributed by atoms with van der Waals surface area (Å²) in [6.07, 6.45) is 7.18. The van der Waals surface area contributed by atoms with Crippen molar-refractivity contribution in [2.24, 2.45) is 0 Å². The lowest BCUT2D eigenvalue weighted by atomic mass is 10.5. The molecule has 2 aromatic rings. The van der Waals surface area contributed by atoms with Crippen LogP contribution in [-0.4, -0.2) is 35.6 Å². The molecule has 0 atom stereocenters. The Morgan fingerprint density at radius 1 is 1.22 bits per heavy atom. The zero-order valence-electron chi connectivity index (χ0n) is 13.4. The minimum atomic E-state index is -0.0264. The molecule has 0 spiro atoms. The van der Waals surface area contributed by atoms with Gasteiger partial charge in [0.05, 0.1) is 13.1 Å². The average molecular weight is 337 g/mol. The maximum atomic E-state index is 12.2. The molecule has 23 heavy (non-hydrogen) atoms. The summed E-state index contributed by atoms with van der Waals surface area (Å²) in [5, 5.41) is 0.408. The van der Waals surface area contributed by atoms with E-state index in [1.54, 1.807) is 40.1 Å². The van der Waals surface area contributed by atoms with Gasteiger partial charge < -0.3 is 4.74 Å². The summed E-state index contributed by atoms with van der Waals surface area (Å²) in [4.78, 5) is 18.0. The maximum Gasteiger partial charge on any atom is 0.498 e. The fraction of sp³-hybridized carbons (Fsp3) is 0.375. The van der Waals surface area contributed by atoms with Crippen LogP contribution in [0.3, 0.4) is 0 Å². The van der Waals surface area contributed by atoms with Crippen LogP contribution in [0.2, 0.25) is 5.15 Å². The molecule has 0 unspecified atom stereocenters. The van der Waals surface area contributed by atoms with Gasteiger partial charge in [0.25, 0.3) is 0 Å². The smallest absolute Gasteiger partial charge is 0.471 e. The van der Waals surface area contributed by atoms with E-state index in [1.165, 1.54) is 0 Å². The molecule has 122 valence electrons. The standard InChI is InChI=1S/C16H21ClN4O2/c1-3-20(4-2)16(22)21-10-8-19(9-11-21)12-13-23-15-7-5-6-14(17)18-15/h5-11H,3-4,12-13H2,1-2H3/q+2. The number of hydrogen-bond donors (Lipinski definition) is 0. The lowest BCUT2D eigenvalue weighted by Crippen LogP contribution is -2.54. The predicted molar refractivity (Wildman–Crippen MR) is 85.3 cm³/mol. The molecule has 0 saturated carbocycles. The lowest BCUT2D eigenvalue weighted by Gasteiger charge is -2.09. The molecule has 2 heterocycles. The Bertz CT molecular complexity index is 645. The third-order valence-corrected chi connectivity index (χ3v) is 3.59. The highest BCUT2D eigenvalue weighted by molar-refractivity contribution is 6.29. The Labute approximate surface area is 140 Å². The number of nitrogens with zero attached hydrogens (tertiary/aromatic N) is 4. The van der Waals surface area contributed by atoms with E-state index in [0.29, 0.717) is 37.3 Å². The van der Waals surface area contributed by atoms with Gasteiger partial charge in [0, 0.05) is 6.07 Å². The van der Waals surface area contributed by atoms with Crippen molar-refractivity contribution in [2.45, 2.75) is 20.4 Å². The van der Waals surface area contributed by atoms with Crippen LogP contribution in [0, 0.1) is 0 Å². The summed E-state index contributed by atoms with van der Waals surface area (Å²) in [6.45, 7) is 6.43. The van der Waals surface area contributed by atoms with E-state index >= 15 is 0 Å². The first-order chi connectivity index (χ1) is 11.1. The molecule has 0 aromatic carbocycles. The molecule has 2 aromatic heterocycles. The SMILES string of the molecule is CCN(CC)C(=O)[n+]1cc[n+](CCOc2cccc(Cl)n2)cc1. The number of carbonyl (C=O) groups is 1. The van der Waals surface area contributed by atoms with Crippen LogP contribution in [0.5, 0.6) is 5.88 Å². The van der Waals surface area contributed by atoms with Gasteiger partial charge >= 0.3 is 6.03 Å². The van der Waals surface area contributed by atoms with Crippen molar-refractivity contribution >= 4 is 17.6 Å². The van der Waals surface area contributed by atoms with E-state index in [1.807, 2.05) is 30.8 Å². The van der Waals surface area contributed by atoms with Crippen molar-refractivity contribution in [3.05, 3.63) is 48.1 Å². The van der Waals surface area contributed by atoms with E-state index < -0.39 is 0 Å². The van der Waals surface area contributed by atoms with E-state index in [4.69, 9.17) is 16.3 Å². The van der Waals surface area contributed by atoms with E-state index in [0.717, 1.165) is 0 Å². The van der Waals surface area contributed by atoms with Gasteiger partial charge in [-0.2, -0.15) is 13.9 Å². The van der Waals surface area contributed by atoms with Crippen LogP contribution in [0.4, 0.5) is 4.79 Å².